The van der Waals surface area contributed by atoms with Gasteiger partial charge >= 0.3 is 0 Å². The van der Waals surface area contributed by atoms with E-state index in [4.69, 9.17) is 0 Å². The van der Waals surface area contributed by atoms with Gasteiger partial charge in [0, 0.05) is 13.1 Å². The van der Waals surface area contributed by atoms with Gasteiger partial charge in [-0.2, -0.15) is 0 Å². The standard InChI is InChI=1S/C31H30N2/c1-32(2)19-21-11-9-17-27-29(21)23-13-5-7-15-25(23)31(27)26-16-8-6-14-24(26)30-22(20-33(3)4)12-10-18-28(30)31/h5-18H,19-20H2,1-4H3. The van der Waals surface area contributed by atoms with Gasteiger partial charge in [0.1, 0.15) is 0 Å². The summed E-state index contributed by atoms with van der Waals surface area (Å²) in [5, 5.41) is 0. The van der Waals surface area contributed by atoms with Crippen LogP contribution in [0.25, 0.3) is 22.3 Å². The van der Waals surface area contributed by atoms with Gasteiger partial charge < -0.3 is 9.80 Å². The summed E-state index contributed by atoms with van der Waals surface area (Å²) in [4.78, 5) is 4.55. The lowest BCUT2D eigenvalue weighted by molar-refractivity contribution is 0.403. The topological polar surface area (TPSA) is 6.48 Å². The fraction of sp³-hybridized carbons (Fsp3) is 0.226. The molecule has 0 atom stereocenters. The molecule has 0 N–H and O–H groups in total. The van der Waals surface area contributed by atoms with E-state index in [-0.39, 0.29) is 5.41 Å². The summed E-state index contributed by atoms with van der Waals surface area (Å²) in [7, 11) is 8.63. The van der Waals surface area contributed by atoms with Gasteiger partial charge in [0.2, 0.25) is 0 Å². The molecule has 0 saturated heterocycles. The van der Waals surface area contributed by atoms with Crippen LogP contribution in [0.4, 0.5) is 0 Å². The Kier molecular flexibility index (Phi) is 4.58. The number of benzene rings is 4. The van der Waals surface area contributed by atoms with Gasteiger partial charge in [-0.15, -0.1) is 0 Å². The van der Waals surface area contributed by atoms with Crippen LogP contribution in [0.1, 0.15) is 33.4 Å². The van der Waals surface area contributed by atoms with Crippen molar-refractivity contribution >= 4 is 0 Å². The van der Waals surface area contributed by atoms with Gasteiger partial charge in [-0.3, -0.25) is 0 Å². The molecule has 1 spiro atoms. The van der Waals surface area contributed by atoms with Crippen molar-refractivity contribution in [2.45, 2.75) is 18.5 Å². The molecule has 0 amide bonds. The lowest BCUT2D eigenvalue weighted by Gasteiger charge is -2.30. The molecule has 6 rings (SSSR count). The minimum absolute atomic E-state index is 0.261. The van der Waals surface area contributed by atoms with Crippen molar-refractivity contribution in [3.8, 4) is 22.3 Å². The van der Waals surface area contributed by atoms with Crippen molar-refractivity contribution in [1.29, 1.82) is 0 Å². The van der Waals surface area contributed by atoms with Crippen LogP contribution in [0.5, 0.6) is 0 Å². The van der Waals surface area contributed by atoms with E-state index in [9.17, 15) is 0 Å². The summed E-state index contributed by atoms with van der Waals surface area (Å²) in [5.74, 6) is 0. The molecule has 2 aliphatic rings. The summed E-state index contributed by atoms with van der Waals surface area (Å²) in [6, 6.07) is 32.1. The molecular weight excluding hydrogens is 400 g/mol. The second-order valence-corrected chi connectivity index (χ2v) is 10.00. The Morgan fingerprint density at radius 3 is 1.30 bits per heavy atom. The van der Waals surface area contributed by atoms with Crippen molar-refractivity contribution < 1.29 is 0 Å². The molecule has 33 heavy (non-hydrogen) atoms. The third kappa shape index (κ3) is 2.75. The fourth-order valence-corrected chi connectivity index (χ4v) is 6.33. The van der Waals surface area contributed by atoms with Crippen LogP contribution in [0.15, 0.2) is 84.9 Å². The Balaban J connectivity index is 1.76. The zero-order valence-electron chi connectivity index (χ0n) is 19.9. The molecule has 2 heteroatoms. The highest BCUT2D eigenvalue weighted by molar-refractivity contribution is 5.96. The molecule has 0 fully saturated rings. The summed E-state index contributed by atoms with van der Waals surface area (Å²) in [6.07, 6.45) is 0. The maximum atomic E-state index is 2.37. The molecule has 0 saturated carbocycles. The molecule has 164 valence electrons. The number of fused-ring (bicyclic) bond motifs is 10. The van der Waals surface area contributed by atoms with Crippen LogP contribution in [0, 0.1) is 0 Å². The zero-order valence-corrected chi connectivity index (χ0v) is 19.9. The van der Waals surface area contributed by atoms with E-state index in [1.807, 2.05) is 0 Å². The average molecular weight is 431 g/mol. The third-order valence-electron chi connectivity index (χ3n) is 7.28. The van der Waals surface area contributed by atoms with E-state index in [0.717, 1.165) is 13.1 Å². The minimum atomic E-state index is -0.261. The van der Waals surface area contributed by atoms with Crippen LogP contribution < -0.4 is 0 Å². The third-order valence-corrected chi connectivity index (χ3v) is 7.28. The van der Waals surface area contributed by atoms with Crippen LogP contribution in [0.3, 0.4) is 0 Å². The highest BCUT2D eigenvalue weighted by atomic mass is 15.1. The Morgan fingerprint density at radius 1 is 0.485 bits per heavy atom. The highest BCUT2D eigenvalue weighted by Crippen LogP contribution is 2.63. The lowest BCUT2D eigenvalue weighted by atomic mass is 9.70. The van der Waals surface area contributed by atoms with Gasteiger partial charge in [0.15, 0.2) is 0 Å². The molecule has 0 aromatic heterocycles. The molecular formula is C31H30N2. The highest BCUT2D eigenvalue weighted by Gasteiger charge is 2.52. The van der Waals surface area contributed by atoms with E-state index in [2.05, 4.69) is 123 Å². The molecule has 0 bridgehead atoms. The first-order chi connectivity index (χ1) is 16.0. The van der Waals surface area contributed by atoms with Crippen LogP contribution in [0.2, 0.25) is 0 Å². The first-order valence-electron chi connectivity index (χ1n) is 11.8. The fourth-order valence-electron chi connectivity index (χ4n) is 6.33. The molecule has 4 aromatic rings. The lowest BCUT2D eigenvalue weighted by Crippen LogP contribution is -2.26. The number of nitrogens with zero attached hydrogens (tertiary/aromatic N) is 2. The zero-order chi connectivity index (χ0) is 22.7. The molecule has 0 heterocycles. The van der Waals surface area contributed by atoms with Gasteiger partial charge in [-0.1, -0.05) is 84.9 Å². The van der Waals surface area contributed by atoms with Gasteiger partial charge in [0.05, 0.1) is 5.41 Å². The monoisotopic (exact) mass is 430 g/mol. The number of rotatable bonds is 4. The SMILES string of the molecule is CN(C)Cc1cccc2c1-c1ccccc1C21c2ccccc2-c2c(CN(C)C)cccc21. The van der Waals surface area contributed by atoms with E-state index < -0.39 is 0 Å². The number of hydrogen-bond donors (Lipinski definition) is 0. The van der Waals surface area contributed by atoms with Crippen molar-refractivity contribution in [3.05, 3.63) is 118 Å². The molecule has 4 aromatic carbocycles. The van der Waals surface area contributed by atoms with E-state index in [1.54, 1.807) is 0 Å². The first kappa shape index (κ1) is 20.4. The second kappa shape index (κ2) is 7.41. The van der Waals surface area contributed by atoms with Crippen LogP contribution >= 0.6 is 0 Å². The Hall–Kier alpha value is -3.20. The van der Waals surface area contributed by atoms with E-state index >= 15 is 0 Å². The quantitative estimate of drug-likeness (QED) is 0.331. The van der Waals surface area contributed by atoms with Gasteiger partial charge in [0.25, 0.3) is 0 Å². The summed E-state index contributed by atoms with van der Waals surface area (Å²) in [5.41, 5.74) is 13.8. The maximum Gasteiger partial charge on any atom is 0.0725 e. The Morgan fingerprint density at radius 2 is 0.879 bits per heavy atom. The smallest absolute Gasteiger partial charge is 0.0725 e. The molecule has 0 unspecified atom stereocenters. The second-order valence-electron chi connectivity index (χ2n) is 10.00. The van der Waals surface area contributed by atoms with E-state index in [1.165, 1.54) is 55.6 Å². The normalized spacial score (nSPS) is 14.5. The largest absolute Gasteiger partial charge is 0.305 e. The molecule has 0 aliphatic heterocycles. The molecule has 0 radical (unpaired) electrons. The minimum Gasteiger partial charge on any atom is -0.305 e. The predicted octanol–water partition coefficient (Wildman–Crippen LogP) is 6.15. The Bertz CT molecular complexity index is 1270. The summed E-state index contributed by atoms with van der Waals surface area (Å²) < 4.78 is 0. The number of hydrogen-bond acceptors (Lipinski definition) is 2. The van der Waals surface area contributed by atoms with Crippen molar-refractivity contribution in [1.82, 2.24) is 9.80 Å². The van der Waals surface area contributed by atoms with Gasteiger partial charge in [-0.05, 0) is 83.8 Å². The first-order valence-corrected chi connectivity index (χ1v) is 11.8. The summed E-state index contributed by atoms with van der Waals surface area (Å²) >= 11 is 0. The summed E-state index contributed by atoms with van der Waals surface area (Å²) in [6.45, 7) is 1.87. The van der Waals surface area contributed by atoms with Gasteiger partial charge in [-0.25, -0.2) is 0 Å². The van der Waals surface area contributed by atoms with Crippen molar-refractivity contribution in [2.24, 2.45) is 0 Å². The average Bonchev–Trinajstić information content (AvgIpc) is 3.27. The van der Waals surface area contributed by atoms with Crippen molar-refractivity contribution in [3.63, 3.8) is 0 Å². The van der Waals surface area contributed by atoms with E-state index in [0.29, 0.717) is 0 Å². The van der Waals surface area contributed by atoms with Crippen LogP contribution in [-0.2, 0) is 18.5 Å². The van der Waals surface area contributed by atoms with Crippen LogP contribution in [-0.4, -0.2) is 38.0 Å². The maximum absolute atomic E-state index is 2.37. The molecule has 2 nitrogen and oxygen atoms in total. The predicted molar refractivity (Wildman–Crippen MR) is 138 cm³/mol. The Labute approximate surface area is 197 Å². The van der Waals surface area contributed by atoms with Crippen molar-refractivity contribution in [2.75, 3.05) is 28.2 Å². The molecule has 2 aliphatic carbocycles.